The number of anilines is 3. The molecule has 7 heteroatoms. The number of aromatic nitrogens is 2. The van der Waals surface area contributed by atoms with Gasteiger partial charge in [0.15, 0.2) is 0 Å². The lowest BCUT2D eigenvalue weighted by Gasteiger charge is -2.21. The molecule has 1 atom stereocenters. The second kappa shape index (κ2) is 6.40. The molecule has 0 aromatic carbocycles. The van der Waals surface area contributed by atoms with Crippen LogP contribution in [0.4, 0.5) is 17.6 Å². The van der Waals surface area contributed by atoms with Crippen molar-refractivity contribution >= 4 is 23.5 Å². The van der Waals surface area contributed by atoms with Crippen LogP contribution in [0.25, 0.3) is 0 Å². The molecule has 2 heterocycles. The molecular weight excluding hydrogens is 256 g/mol. The second-order valence-electron chi connectivity index (χ2n) is 4.93. The van der Waals surface area contributed by atoms with Crippen molar-refractivity contribution in [1.82, 2.24) is 14.9 Å². The molecule has 0 bridgehead atoms. The van der Waals surface area contributed by atoms with Crippen molar-refractivity contribution in [3.8, 4) is 0 Å². The third-order valence-electron chi connectivity index (χ3n) is 3.25. The number of hydrogen-bond acceptors (Lipinski definition) is 6. The lowest BCUT2D eigenvalue weighted by Crippen LogP contribution is -2.39. The highest BCUT2D eigenvalue weighted by Gasteiger charge is 2.23. The van der Waals surface area contributed by atoms with Gasteiger partial charge in [0.05, 0.1) is 0 Å². The van der Waals surface area contributed by atoms with Crippen LogP contribution < -0.4 is 16.4 Å². The lowest BCUT2D eigenvalue weighted by atomic mass is 10.3. The third kappa shape index (κ3) is 3.49. The van der Waals surface area contributed by atoms with Crippen molar-refractivity contribution in [2.45, 2.75) is 32.7 Å². The first kappa shape index (κ1) is 14.4. The molecule has 20 heavy (non-hydrogen) atoms. The van der Waals surface area contributed by atoms with Crippen molar-refractivity contribution in [1.29, 1.82) is 0 Å². The number of nitrogens with one attached hydrogen (secondary N) is 2. The molecule has 0 saturated carbocycles. The highest BCUT2D eigenvalue weighted by molar-refractivity contribution is 5.84. The van der Waals surface area contributed by atoms with E-state index in [2.05, 4.69) is 20.6 Å². The molecule has 1 aliphatic rings. The smallest absolute Gasteiger partial charge is 0.244 e. The van der Waals surface area contributed by atoms with E-state index in [1.54, 1.807) is 6.07 Å². The number of nitrogen functional groups attached to an aromatic ring is 1. The molecule has 0 radical (unpaired) electrons. The summed E-state index contributed by atoms with van der Waals surface area (Å²) >= 11 is 0. The van der Waals surface area contributed by atoms with Crippen LogP contribution in [-0.4, -0.2) is 46.5 Å². The molecule has 0 aliphatic carbocycles. The van der Waals surface area contributed by atoms with Crippen molar-refractivity contribution in [3.05, 3.63) is 6.07 Å². The van der Waals surface area contributed by atoms with Gasteiger partial charge in [-0.25, -0.2) is 0 Å². The van der Waals surface area contributed by atoms with Gasteiger partial charge in [-0.15, -0.1) is 0 Å². The van der Waals surface area contributed by atoms with Gasteiger partial charge in [-0.2, -0.15) is 9.97 Å². The Hall–Kier alpha value is -2.05. The first-order chi connectivity index (χ1) is 9.60. The maximum absolute atomic E-state index is 12.2. The minimum absolute atomic E-state index is 0.102. The summed E-state index contributed by atoms with van der Waals surface area (Å²) < 4.78 is 0. The summed E-state index contributed by atoms with van der Waals surface area (Å²) in [6, 6.07) is 1.44. The monoisotopic (exact) mass is 278 g/mol. The molecule has 1 saturated heterocycles. The predicted octanol–water partition coefficient (Wildman–Crippen LogP) is 0.913. The van der Waals surface area contributed by atoms with E-state index in [4.69, 9.17) is 5.73 Å². The molecule has 1 amide bonds. The lowest BCUT2D eigenvalue weighted by molar-refractivity contribution is -0.130. The Morgan fingerprint density at radius 3 is 2.70 bits per heavy atom. The molecule has 2 rings (SSSR count). The zero-order valence-electron chi connectivity index (χ0n) is 12.0. The number of amides is 1. The van der Waals surface area contributed by atoms with E-state index in [1.165, 1.54) is 0 Å². The average Bonchev–Trinajstić information content (AvgIpc) is 2.91. The standard InChI is InChI=1S/C13H22N6O/c1-3-15-10-8-11(18-13(14)17-10)16-9(2)12(20)19-6-4-5-7-19/h8-9H,3-7H2,1-2H3,(H4,14,15,16,17,18). The van der Waals surface area contributed by atoms with E-state index in [-0.39, 0.29) is 17.9 Å². The number of carbonyl (C=O) groups excluding carboxylic acids is 1. The summed E-state index contributed by atoms with van der Waals surface area (Å²) in [6.07, 6.45) is 2.17. The zero-order chi connectivity index (χ0) is 14.5. The van der Waals surface area contributed by atoms with E-state index >= 15 is 0 Å². The molecular formula is C13H22N6O. The topological polar surface area (TPSA) is 96.2 Å². The van der Waals surface area contributed by atoms with Gasteiger partial charge in [0, 0.05) is 25.7 Å². The number of nitrogens with zero attached hydrogens (tertiary/aromatic N) is 3. The minimum atomic E-state index is -0.322. The van der Waals surface area contributed by atoms with Crippen molar-refractivity contribution < 1.29 is 4.79 Å². The van der Waals surface area contributed by atoms with Crippen LogP contribution >= 0.6 is 0 Å². The number of likely N-dealkylation sites (tertiary alicyclic amines) is 1. The summed E-state index contributed by atoms with van der Waals surface area (Å²) in [4.78, 5) is 22.3. The molecule has 4 N–H and O–H groups in total. The van der Waals surface area contributed by atoms with Crippen LogP contribution in [-0.2, 0) is 4.79 Å². The highest BCUT2D eigenvalue weighted by Crippen LogP contribution is 2.15. The Kier molecular flexibility index (Phi) is 4.60. The Balaban J connectivity index is 2.02. The van der Waals surface area contributed by atoms with Crippen LogP contribution in [0.1, 0.15) is 26.7 Å². The SMILES string of the molecule is CCNc1cc(NC(C)C(=O)N2CCCC2)nc(N)n1. The van der Waals surface area contributed by atoms with Crippen LogP contribution in [0.5, 0.6) is 0 Å². The molecule has 7 nitrogen and oxygen atoms in total. The maximum atomic E-state index is 12.2. The normalized spacial score (nSPS) is 16.0. The van der Waals surface area contributed by atoms with Gasteiger partial charge in [0.1, 0.15) is 17.7 Å². The largest absolute Gasteiger partial charge is 0.370 e. The fourth-order valence-corrected chi connectivity index (χ4v) is 2.31. The first-order valence-electron chi connectivity index (χ1n) is 7.04. The number of rotatable bonds is 5. The van der Waals surface area contributed by atoms with Crippen LogP contribution in [0, 0.1) is 0 Å². The van der Waals surface area contributed by atoms with E-state index in [0.29, 0.717) is 11.6 Å². The van der Waals surface area contributed by atoms with Gasteiger partial charge in [0.2, 0.25) is 11.9 Å². The Morgan fingerprint density at radius 1 is 1.40 bits per heavy atom. The van der Waals surface area contributed by atoms with Gasteiger partial charge in [-0.3, -0.25) is 4.79 Å². The minimum Gasteiger partial charge on any atom is -0.370 e. The van der Waals surface area contributed by atoms with E-state index < -0.39 is 0 Å². The highest BCUT2D eigenvalue weighted by atomic mass is 16.2. The van der Waals surface area contributed by atoms with Gasteiger partial charge < -0.3 is 21.3 Å². The summed E-state index contributed by atoms with van der Waals surface area (Å²) in [5.41, 5.74) is 5.67. The summed E-state index contributed by atoms with van der Waals surface area (Å²) in [6.45, 7) is 6.26. The fourth-order valence-electron chi connectivity index (χ4n) is 2.31. The quantitative estimate of drug-likeness (QED) is 0.741. The molecule has 1 aliphatic heterocycles. The number of carbonyl (C=O) groups is 1. The number of nitrogens with two attached hydrogens (primary N) is 1. The number of hydrogen-bond donors (Lipinski definition) is 3. The first-order valence-corrected chi connectivity index (χ1v) is 7.04. The Bertz CT molecular complexity index is 472. The van der Waals surface area contributed by atoms with Crippen molar-refractivity contribution in [3.63, 3.8) is 0 Å². The summed E-state index contributed by atoms with van der Waals surface area (Å²) in [5, 5.41) is 6.18. The zero-order valence-corrected chi connectivity index (χ0v) is 12.0. The molecule has 110 valence electrons. The molecule has 1 unspecified atom stereocenters. The van der Waals surface area contributed by atoms with Gasteiger partial charge in [0.25, 0.3) is 0 Å². The fraction of sp³-hybridized carbons (Fsp3) is 0.615. The van der Waals surface area contributed by atoms with Crippen molar-refractivity contribution in [2.24, 2.45) is 0 Å². The second-order valence-corrected chi connectivity index (χ2v) is 4.93. The third-order valence-corrected chi connectivity index (χ3v) is 3.25. The van der Waals surface area contributed by atoms with Crippen LogP contribution in [0.3, 0.4) is 0 Å². The van der Waals surface area contributed by atoms with Crippen LogP contribution in [0.2, 0.25) is 0 Å². The summed E-state index contributed by atoms with van der Waals surface area (Å²) in [5.74, 6) is 1.51. The molecule has 1 aromatic rings. The molecule has 1 aromatic heterocycles. The summed E-state index contributed by atoms with van der Waals surface area (Å²) in [7, 11) is 0. The van der Waals surface area contributed by atoms with Gasteiger partial charge in [-0.05, 0) is 26.7 Å². The van der Waals surface area contributed by atoms with Gasteiger partial charge in [-0.1, -0.05) is 0 Å². The van der Waals surface area contributed by atoms with E-state index in [0.717, 1.165) is 32.5 Å². The van der Waals surface area contributed by atoms with E-state index in [1.807, 2.05) is 18.7 Å². The predicted molar refractivity (Wildman–Crippen MR) is 79.5 cm³/mol. The van der Waals surface area contributed by atoms with E-state index in [9.17, 15) is 4.79 Å². The van der Waals surface area contributed by atoms with Gasteiger partial charge >= 0.3 is 0 Å². The Morgan fingerprint density at radius 2 is 2.05 bits per heavy atom. The Labute approximate surface area is 119 Å². The molecule has 1 fully saturated rings. The molecule has 0 spiro atoms. The van der Waals surface area contributed by atoms with Crippen LogP contribution in [0.15, 0.2) is 6.07 Å². The van der Waals surface area contributed by atoms with Crippen molar-refractivity contribution in [2.75, 3.05) is 36.0 Å². The maximum Gasteiger partial charge on any atom is 0.244 e. The average molecular weight is 278 g/mol.